The van der Waals surface area contributed by atoms with E-state index in [2.05, 4.69) is 24.7 Å². The Kier molecular flexibility index (Phi) is 7.83. The van der Waals surface area contributed by atoms with Crippen LogP contribution in [0.5, 0.6) is 0 Å². The SMILES string of the molecule is Cc1nn(CCOS(C)(=O)=O)c(C)c1N1CCC(=O)N(COCC[Si](C)(C)C)C1=O. The number of ether oxygens (including phenoxy) is 1. The van der Waals surface area contributed by atoms with Crippen LogP contribution in [0.15, 0.2) is 0 Å². The highest BCUT2D eigenvalue weighted by molar-refractivity contribution is 7.85. The maximum absolute atomic E-state index is 13.0. The van der Waals surface area contributed by atoms with E-state index < -0.39 is 24.2 Å². The van der Waals surface area contributed by atoms with E-state index in [1.165, 1.54) is 4.90 Å². The molecule has 3 amide bonds. The summed E-state index contributed by atoms with van der Waals surface area (Å²) in [5, 5.41) is 4.40. The van der Waals surface area contributed by atoms with Crippen molar-refractivity contribution in [2.45, 2.75) is 52.5 Å². The molecule has 10 nitrogen and oxygen atoms in total. The molecule has 0 N–H and O–H groups in total. The molecule has 1 aliphatic heterocycles. The van der Waals surface area contributed by atoms with E-state index >= 15 is 0 Å². The lowest BCUT2D eigenvalue weighted by Gasteiger charge is -2.34. The number of nitrogens with zero attached hydrogens (tertiary/aromatic N) is 4. The molecule has 0 unspecified atom stereocenters. The predicted octanol–water partition coefficient (Wildman–Crippen LogP) is 1.95. The van der Waals surface area contributed by atoms with Gasteiger partial charge in [-0.1, -0.05) is 19.6 Å². The van der Waals surface area contributed by atoms with Gasteiger partial charge >= 0.3 is 6.03 Å². The van der Waals surface area contributed by atoms with Crippen LogP contribution in [-0.4, -0.2) is 75.9 Å². The van der Waals surface area contributed by atoms with Crippen molar-refractivity contribution in [2.24, 2.45) is 0 Å². The van der Waals surface area contributed by atoms with E-state index in [9.17, 15) is 18.0 Å². The van der Waals surface area contributed by atoms with Crippen molar-refractivity contribution >= 4 is 35.8 Å². The molecule has 0 atom stereocenters. The smallest absolute Gasteiger partial charge is 0.333 e. The Morgan fingerprint density at radius 1 is 1.13 bits per heavy atom. The van der Waals surface area contributed by atoms with E-state index in [1.807, 2.05) is 0 Å². The zero-order chi connectivity index (χ0) is 22.7. The summed E-state index contributed by atoms with van der Waals surface area (Å²) in [7, 11) is -4.80. The highest BCUT2D eigenvalue weighted by atomic mass is 32.2. The summed E-state index contributed by atoms with van der Waals surface area (Å²) in [5.41, 5.74) is 1.94. The molecule has 1 saturated heterocycles. The van der Waals surface area contributed by atoms with Crippen molar-refractivity contribution in [3.05, 3.63) is 11.4 Å². The predicted molar refractivity (Wildman–Crippen MR) is 116 cm³/mol. The van der Waals surface area contributed by atoms with Crippen LogP contribution in [0.4, 0.5) is 10.5 Å². The number of hydrogen-bond acceptors (Lipinski definition) is 7. The highest BCUT2D eigenvalue weighted by Crippen LogP contribution is 2.28. The molecule has 1 aromatic rings. The maximum Gasteiger partial charge on any atom is 0.333 e. The fraction of sp³-hybridized carbons (Fsp3) is 0.722. The van der Waals surface area contributed by atoms with Crippen molar-refractivity contribution in [2.75, 3.05) is 37.6 Å². The summed E-state index contributed by atoms with van der Waals surface area (Å²) >= 11 is 0. The van der Waals surface area contributed by atoms with Gasteiger partial charge < -0.3 is 4.74 Å². The quantitative estimate of drug-likeness (QED) is 0.298. The molecule has 0 radical (unpaired) electrons. The molecule has 0 aromatic carbocycles. The second kappa shape index (κ2) is 9.58. The Hall–Kier alpha value is -1.76. The van der Waals surface area contributed by atoms with Crippen molar-refractivity contribution in [3.8, 4) is 0 Å². The molecule has 170 valence electrons. The molecule has 1 aliphatic rings. The number of hydrogen-bond donors (Lipinski definition) is 0. The van der Waals surface area contributed by atoms with Gasteiger partial charge in [-0.15, -0.1) is 0 Å². The molecular weight excluding hydrogens is 428 g/mol. The van der Waals surface area contributed by atoms with Gasteiger partial charge in [0.05, 0.1) is 36.5 Å². The third-order valence-electron chi connectivity index (χ3n) is 4.74. The lowest BCUT2D eigenvalue weighted by Crippen LogP contribution is -2.53. The molecule has 1 fully saturated rings. The van der Waals surface area contributed by atoms with Crippen LogP contribution < -0.4 is 4.90 Å². The van der Waals surface area contributed by atoms with Gasteiger partial charge in [-0.2, -0.15) is 13.5 Å². The van der Waals surface area contributed by atoms with Crippen LogP contribution in [0.3, 0.4) is 0 Å². The Labute approximate surface area is 179 Å². The number of aromatic nitrogens is 2. The first-order valence-corrected chi connectivity index (χ1v) is 15.4. The summed E-state index contributed by atoms with van der Waals surface area (Å²) < 4.78 is 34.3. The monoisotopic (exact) mass is 460 g/mol. The lowest BCUT2D eigenvalue weighted by atomic mass is 10.2. The first kappa shape index (κ1) is 24.5. The third-order valence-corrected chi connectivity index (χ3v) is 7.04. The molecule has 2 heterocycles. The van der Waals surface area contributed by atoms with E-state index in [4.69, 9.17) is 8.92 Å². The molecule has 12 heteroatoms. The summed E-state index contributed by atoms with van der Waals surface area (Å²) in [6, 6.07) is 0.519. The largest absolute Gasteiger partial charge is 0.361 e. The van der Waals surface area contributed by atoms with Gasteiger partial charge in [-0.05, 0) is 19.9 Å². The number of anilines is 1. The number of aryl methyl sites for hydroxylation is 1. The maximum atomic E-state index is 13.0. The first-order chi connectivity index (χ1) is 13.8. The number of carbonyl (C=O) groups is 2. The Balaban J connectivity index is 2.09. The first-order valence-electron chi connectivity index (χ1n) is 9.88. The molecule has 30 heavy (non-hydrogen) atoms. The molecular formula is C18H32N4O6SSi. The minimum absolute atomic E-state index is 0.0519. The van der Waals surface area contributed by atoms with Gasteiger partial charge in [0.15, 0.2) is 0 Å². The normalized spacial score (nSPS) is 15.9. The van der Waals surface area contributed by atoms with Crippen LogP contribution in [-0.2, 0) is 30.4 Å². The van der Waals surface area contributed by atoms with Crippen molar-refractivity contribution < 1.29 is 26.9 Å². The Morgan fingerprint density at radius 2 is 1.80 bits per heavy atom. The summed E-state index contributed by atoms with van der Waals surface area (Å²) in [5.74, 6) is -0.256. The fourth-order valence-electron chi connectivity index (χ4n) is 3.13. The number of rotatable bonds is 10. The molecule has 2 rings (SSSR count). The zero-order valence-electron chi connectivity index (χ0n) is 18.6. The van der Waals surface area contributed by atoms with Gasteiger partial charge in [-0.3, -0.25) is 18.6 Å². The standard InChI is InChI=1S/C18H32N4O6SSi/c1-14-17(15(2)22(19-14)9-10-28-29(3,25)26)20-8-7-16(23)21(18(20)24)13-27-11-12-30(4,5)6/h7-13H2,1-6H3. The number of urea groups is 1. The van der Waals surface area contributed by atoms with Crippen LogP contribution >= 0.6 is 0 Å². The van der Waals surface area contributed by atoms with E-state index in [0.29, 0.717) is 23.7 Å². The number of amides is 3. The second-order valence-electron chi connectivity index (χ2n) is 8.62. The van der Waals surface area contributed by atoms with Gasteiger partial charge in [0.2, 0.25) is 5.91 Å². The molecule has 0 spiro atoms. The minimum Gasteiger partial charge on any atom is -0.361 e. The van der Waals surface area contributed by atoms with Crippen LogP contribution in [0, 0.1) is 13.8 Å². The summed E-state index contributed by atoms with van der Waals surface area (Å²) in [6.45, 7) is 11.2. The van der Waals surface area contributed by atoms with E-state index in [1.54, 1.807) is 18.5 Å². The van der Waals surface area contributed by atoms with Gasteiger partial charge in [0.1, 0.15) is 6.73 Å². The third kappa shape index (κ3) is 6.62. The lowest BCUT2D eigenvalue weighted by molar-refractivity contribution is -0.133. The highest BCUT2D eigenvalue weighted by Gasteiger charge is 2.35. The van der Waals surface area contributed by atoms with Gasteiger partial charge in [0.25, 0.3) is 10.1 Å². The van der Waals surface area contributed by atoms with Crippen molar-refractivity contribution in [1.82, 2.24) is 14.7 Å². The Bertz CT molecular complexity index is 893. The topological polar surface area (TPSA) is 111 Å². The molecule has 0 saturated carbocycles. The van der Waals surface area contributed by atoms with Crippen molar-refractivity contribution in [1.29, 1.82) is 0 Å². The second-order valence-corrected chi connectivity index (χ2v) is 15.9. The van der Waals surface area contributed by atoms with Crippen LogP contribution in [0.1, 0.15) is 17.8 Å². The van der Waals surface area contributed by atoms with Gasteiger partial charge in [0, 0.05) is 27.6 Å². The number of imide groups is 1. The van der Waals surface area contributed by atoms with Crippen molar-refractivity contribution in [3.63, 3.8) is 0 Å². The zero-order valence-corrected chi connectivity index (χ0v) is 20.4. The van der Waals surface area contributed by atoms with Gasteiger partial charge in [-0.25, -0.2) is 9.69 Å². The Morgan fingerprint density at radius 3 is 2.40 bits per heavy atom. The number of carbonyl (C=O) groups excluding carboxylic acids is 2. The average molecular weight is 461 g/mol. The van der Waals surface area contributed by atoms with Crippen LogP contribution in [0.2, 0.25) is 25.7 Å². The molecule has 1 aromatic heterocycles. The average Bonchev–Trinajstić information content (AvgIpc) is 2.86. The van der Waals surface area contributed by atoms with E-state index in [-0.39, 0.29) is 38.8 Å². The molecule has 0 aliphatic carbocycles. The molecule has 0 bridgehead atoms. The fourth-order valence-corrected chi connectivity index (χ4v) is 4.26. The minimum atomic E-state index is -3.53. The summed E-state index contributed by atoms with van der Waals surface area (Å²) in [6.07, 6.45) is 1.19. The van der Waals surface area contributed by atoms with Crippen LogP contribution in [0.25, 0.3) is 0 Å². The van der Waals surface area contributed by atoms with E-state index in [0.717, 1.165) is 17.2 Å². The summed E-state index contributed by atoms with van der Waals surface area (Å²) in [4.78, 5) is 28.0.